The van der Waals surface area contributed by atoms with Crippen molar-refractivity contribution in [1.82, 2.24) is 15.7 Å². The molecule has 3 aliphatic heterocycles. The summed E-state index contributed by atoms with van der Waals surface area (Å²) in [5.74, 6) is 5.47. The molecule has 8 nitrogen and oxygen atoms in total. The van der Waals surface area contributed by atoms with Crippen LogP contribution in [0, 0.1) is 17.8 Å². The van der Waals surface area contributed by atoms with E-state index in [1.54, 1.807) is 28.4 Å². The molecular formula is C39H57N3O5. The van der Waals surface area contributed by atoms with Crippen LogP contribution in [0.4, 0.5) is 0 Å². The van der Waals surface area contributed by atoms with Gasteiger partial charge in [0.05, 0.1) is 28.4 Å². The topological polar surface area (TPSA) is 94.4 Å². The monoisotopic (exact) mass is 647 g/mol. The fourth-order valence-corrected chi connectivity index (χ4v) is 10.8. The van der Waals surface area contributed by atoms with Gasteiger partial charge in [-0.25, -0.2) is 5.48 Å². The number of fused-ring (bicyclic) bond motifs is 4. The number of nitrogens with one attached hydrogen (secondary N) is 2. The van der Waals surface area contributed by atoms with E-state index in [0.717, 1.165) is 61.8 Å². The van der Waals surface area contributed by atoms with E-state index in [4.69, 9.17) is 18.9 Å². The molecule has 0 aromatic heterocycles. The molecule has 0 spiro atoms. The second-order valence-corrected chi connectivity index (χ2v) is 15.2. The minimum Gasteiger partial charge on any atom is -0.493 e. The summed E-state index contributed by atoms with van der Waals surface area (Å²) in [4.78, 5) is 2.76. The SMILES string of the molecule is CC[C@H]1CN2CCc3cc(OC)c(OC)cc3[C@@H]2C[C@@H]1CC1c2cc(OC)c(OC)cc2CCC23CC(CNO)CCCCCC12N3. The standard InChI is InChI=1S/C39H57N3O5/c1-6-26-24-42-15-12-28-19-35(45-3)37(47-5)21-31(28)33(42)17-29(26)16-32-30-20-36(46-4)34(44-2)18-27(30)11-14-38-22-25(23-40-43)10-8-7-9-13-39(32,38)41-38/h18-21,25-26,29,32-33,40-41,43H,6-17,22-24H2,1-5H3/t25?,26-,29-,32?,33-,38?,39?/m0/s1. The van der Waals surface area contributed by atoms with E-state index in [1.165, 1.54) is 73.6 Å². The van der Waals surface area contributed by atoms with E-state index < -0.39 is 0 Å². The molecular weight excluding hydrogens is 590 g/mol. The van der Waals surface area contributed by atoms with Crippen LogP contribution in [0.25, 0.3) is 0 Å². The van der Waals surface area contributed by atoms with Gasteiger partial charge in [0.25, 0.3) is 0 Å². The summed E-state index contributed by atoms with van der Waals surface area (Å²) < 4.78 is 23.3. The Morgan fingerprint density at radius 2 is 1.53 bits per heavy atom. The Morgan fingerprint density at radius 3 is 2.21 bits per heavy atom. The van der Waals surface area contributed by atoms with Crippen LogP contribution >= 0.6 is 0 Å². The minimum atomic E-state index is 0.0619. The molecule has 2 aromatic carbocycles. The summed E-state index contributed by atoms with van der Waals surface area (Å²) in [5.41, 5.74) is 8.45. The lowest BCUT2D eigenvalue weighted by atomic mass is 9.66. The van der Waals surface area contributed by atoms with Gasteiger partial charge in [0.15, 0.2) is 23.0 Å². The third kappa shape index (κ3) is 5.71. The quantitative estimate of drug-likeness (QED) is 0.202. The summed E-state index contributed by atoms with van der Waals surface area (Å²) in [6.45, 7) is 5.34. The summed E-state index contributed by atoms with van der Waals surface area (Å²) in [6, 6.07) is 9.52. The van der Waals surface area contributed by atoms with Crippen molar-refractivity contribution in [2.45, 2.75) is 107 Å². The van der Waals surface area contributed by atoms with Crippen LogP contribution in [-0.2, 0) is 12.8 Å². The highest BCUT2D eigenvalue weighted by Gasteiger charge is 2.70. The molecule has 7 rings (SSSR count). The largest absolute Gasteiger partial charge is 0.493 e. The van der Waals surface area contributed by atoms with Gasteiger partial charge in [-0.3, -0.25) is 4.90 Å². The average molecular weight is 648 g/mol. The van der Waals surface area contributed by atoms with E-state index in [0.29, 0.717) is 36.3 Å². The third-order valence-corrected chi connectivity index (χ3v) is 13.2. The Bertz CT molecular complexity index is 1430. The predicted octanol–water partition coefficient (Wildman–Crippen LogP) is 6.82. The molecule has 2 saturated heterocycles. The van der Waals surface area contributed by atoms with E-state index in [-0.39, 0.29) is 11.1 Å². The Hall–Kier alpha value is -2.52. The molecule has 3 N–H and O–H groups in total. The number of hydrogen-bond donors (Lipinski definition) is 3. The number of methoxy groups -OCH3 is 4. The number of piperidine rings is 1. The first-order chi connectivity index (χ1) is 22.9. The third-order valence-electron chi connectivity index (χ3n) is 13.2. The molecule has 2 aromatic rings. The Kier molecular flexibility index (Phi) is 9.42. The normalized spacial score (nSPS) is 33.3. The van der Waals surface area contributed by atoms with E-state index in [2.05, 4.69) is 46.9 Å². The lowest BCUT2D eigenvalue weighted by molar-refractivity contribution is 0.0426. The number of rotatable bonds is 9. The van der Waals surface area contributed by atoms with Crippen LogP contribution in [0.15, 0.2) is 24.3 Å². The van der Waals surface area contributed by atoms with Crippen molar-refractivity contribution < 1.29 is 24.2 Å². The fourth-order valence-electron chi connectivity index (χ4n) is 10.8. The molecule has 47 heavy (non-hydrogen) atoms. The molecule has 4 unspecified atom stereocenters. The molecule has 3 heterocycles. The van der Waals surface area contributed by atoms with Crippen molar-refractivity contribution in [3.8, 4) is 23.0 Å². The highest BCUT2D eigenvalue weighted by molar-refractivity contribution is 5.53. The zero-order chi connectivity index (χ0) is 32.8. The van der Waals surface area contributed by atoms with Crippen molar-refractivity contribution in [2.75, 3.05) is 48.1 Å². The van der Waals surface area contributed by atoms with Crippen molar-refractivity contribution in [1.29, 1.82) is 0 Å². The summed E-state index contributed by atoms with van der Waals surface area (Å²) >= 11 is 0. The lowest BCUT2D eigenvalue weighted by Crippen LogP contribution is -2.47. The second-order valence-electron chi connectivity index (χ2n) is 15.2. The number of hydroxylamine groups is 1. The molecule has 5 aliphatic rings. The highest BCUT2D eigenvalue weighted by atomic mass is 16.5. The number of nitrogens with zero attached hydrogens (tertiary/aromatic N) is 1. The molecule has 8 heteroatoms. The Labute approximate surface area is 281 Å². The van der Waals surface area contributed by atoms with Gasteiger partial charge in [-0.1, -0.05) is 32.6 Å². The second kappa shape index (κ2) is 13.4. The van der Waals surface area contributed by atoms with Gasteiger partial charge in [0.2, 0.25) is 0 Å². The molecule has 258 valence electrons. The average Bonchev–Trinajstić information content (AvgIpc) is 3.74. The zero-order valence-electron chi connectivity index (χ0n) is 29.3. The number of ether oxygens (including phenoxy) is 4. The first-order valence-corrected chi connectivity index (χ1v) is 18.3. The van der Waals surface area contributed by atoms with Crippen molar-refractivity contribution in [2.24, 2.45) is 17.8 Å². The van der Waals surface area contributed by atoms with Gasteiger partial charge < -0.3 is 29.5 Å². The zero-order valence-corrected chi connectivity index (χ0v) is 29.3. The van der Waals surface area contributed by atoms with Crippen molar-refractivity contribution in [3.05, 3.63) is 46.5 Å². The van der Waals surface area contributed by atoms with Crippen LogP contribution < -0.4 is 29.7 Å². The number of benzene rings is 2. The Balaban J connectivity index is 1.29. The van der Waals surface area contributed by atoms with E-state index in [1.807, 2.05) is 0 Å². The first kappa shape index (κ1) is 33.0. The fraction of sp³-hybridized carbons (Fsp3) is 0.692. The minimum absolute atomic E-state index is 0.0619. The van der Waals surface area contributed by atoms with Crippen LogP contribution in [0.2, 0.25) is 0 Å². The van der Waals surface area contributed by atoms with Gasteiger partial charge in [-0.15, -0.1) is 0 Å². The van der Waals surface area contributed by atoms with Gasteiger partial charge >= 0.3 is 0 Å². The maximum Gasteiger partial charge on any atom is 0.161 e. The summed E-state index contributed by atoms with van der Waals surface area (Å²) in [7, 11) is 7.02. The molecule has 7 atom stereocenters. The molecule has 2 aliphatic carbocycles. The van der Waals surface area contributed by atoms with Gasteiger partial charge in [0, 0.05) is 42.7 Å². The smallest absolute Gasteiger partial charge is 0.161 e. The highest BCUT2D eigenvalue weighted by Crippen LogP contribution is 2.63. The van der Waals surface area contributed by atoms with E-state index in [9.17, 15) is 5.21 Å². The van der Waals surface area contributed by atoms with Crippen LogP contribution in [0.5, 0.6) is 23.0 Å². The molecule has 3 fully saturated rings. The lowest BCUT2D eigenvalue weighted by Gasteiger charge is -2.48. The molecule has 0 bridgehead atoms. The van der Waals surface area contributed by atoms with Gasteiger partial charge in [-0.05, 0) is 116 Å². The van der Waals surface area contributed by atoms with Crippen LogP contribution in [-0.4, -0.2) is 69.3 Å². The maximum atomic E-state index is 9.79. The van der Waals surface area contributed by atoms with Crippen LogP contribution in [0.3, 0.4) is 0 Å². The van der Waals surface area contributed by atoms with Crippen molar-refractivity contribution >= 4 is 0 Å². The first-order valence-electron chi connectivity index (χ1n) is 18.3. The summed E-state index contributed by atoms with van der Waals surface area (Å²) in [5, 5.41) is 14.1. The molecule has 0 radical (unpaired) electrons. The van der Waals surface area contributed by atoms with Gasteiger partial charge in [-0.2, -0.15) is 0 Å². The maximum absolute atomic E-state index is 9.79. The van der Waals surface area contributed by atoms with Crippen LogP contribution in [0.1, 0.15) is 105 Å². The summed E-state index contributed by atoms with van der Waals surface area (Å²) in [6.07, 6.45) is 14.0. The number of aryl methyl sites for hydroxylation is 1. The van der Waals surface area contributed by atoms with E-state index >= 15 is 0 Å². The molecule has 0 amide bonds. The molecule has 1 saturated carbocycles. The van der Waals surface area contributed by atoms with Gasteiger partial charge in [0.1, 0.15) is 0 Å². The number of hydrogen-bond acceptors (Lipinski definition) is 8. The predicted molar refractivity (Wildman–Crippen MR) is 184 cm³/mol. The van der Waals surface area contributed by atoms with Crippen molar-refractivity contribution in [3.63, 3.8) is 0 Å². The Morgan fingerprint density at radius 1 is 0.851 bits per heavy atom.